The summed E-state index contributed by atoms with van der Waals surface area (Å²) in [5.74, 6) is 6.57. The van der Waals surface area contributed by atoms with Crippen molar-refractivity contribution >= 4 is 22.6 Å². The minimum absolute atomic E-state index is 0.279. The number of nitrogen functional groups attached to an aromatic ring is 1. The van der Waals surface area contributed by atoms with Crippen LogP contribution in [0.1, 0.15) is 42.5 Å². The number of hydrogen-bond donors (Lipinski definition) is 5. The van der Waals surface area contributed by atoms with E-state index in [2.05, 4.69) is 20.7 Å². The van der Waals surface area contributed by atoms with Gasteiger partial charge in [0.25, 0.3) is 5.91 Å². The molecule has 0 aliphatic heterocycles. The molecule has 4 fully saturated rings. The Bertz CT molecular complexity index is 831. The molecule has 6 N–H and O–H groups in total. The fourth-order valence-electron chi connectivity index (χ4n) is 5.80. The number of pyridine rings is 1. The molecule has 6 rings (SSSR count). The van der Waals surface area contributed by atoms with E-state index in [1.54, 1.807) is 6.20 Å². The van der Waals surface area contributed by atoms with E-state index in [-0.39, 0.29) is 11.9 Å². The second-order valence-electron chi connectivity index (χ2n) is 8.12. The molecular formula is C18H23N5O2. The molecule has 132 valence electrons. The zero-order chi connectivity index (χ0) is 17.2. The summed E-state index contributed by atoms with van der Waals surface area (Å²) in [6.07, 6.45) is 8.39. The number of fused-ring (bicyclic) bond motifs is 1. The van der Waals surface area contributed by atoms with Gasteiger partial charge in [-0.2, -0.15) is 0 Å². The minimum atomic E-state index is -0.464. The fourth-order valence-corrected chi connectivity index (χ4v) is 5.80. The topological polar surface area (TPSA) is 116 Å². The Labute approximate surface area is 145 Å². The Hall–Kier alpha value is -2.12. The third-order valence-corrected chi connectivity index (χ3v) is 6.51. The van der Waals surface area contributed by atoms with Crippen molar-refractivity contribution < 1.29 is 9.90 Å². The average Bonchev–Trinajstić information content (AvgIpc) is 3.04. The van der Waals surface area contributed by atoms with Crippen LogP contribution in [0.25, 0.3) is 11.0 Å². The van der Waals surface area contributed by atoms with Crippen LogP contribution in [0.15, 0.2) is 18.5 Å². The Balaban J connectivity index is 1.54. The summed E-state index contributed by atoms with van der Waals surface area (Å²) in [4.78, 5) is 19.6. The quantitative estimate of drug-likeness (QED) is 0.330. The van der Waals surface area contributed by atoms with Crippen LogP contribution >= 0.6 is 0 Å². The van der Waals surface area contributed by atoms with Crippen LogP contribution in [-0.4, -0.2) is 32.6 Å². The number of hydrazine groups is 1. The van der Waals surface area contributed by atoms with Crippen molar-refractivity contribution in [1.29, 1.82) is 0 Å². The molecule has 2 aromatic heterocycles. The molecule has 25 heavy (non-hydrogen) atoms. The van der Waals surface area contributed by atoms with Gasteiger partial charge in [0.2, 0.25) is 0 Å². The molecule has 4 aliphatic rings. The van der Waals surface area contributed by atoms with Crippen molar-refractivity contribution in [3.63, 3.8) is 0 Å². The lowest BCUT2D eigenvalue weighted by atomic mass is 9.52. The SMILES string of the molecule is NNC(=O)c1cnc2[nH]ccc2c1NC1[C@@H]2CC3C[C@H]1CC(O)(C3)C2. The predicted octanol–water partition coefficient (Wildman–Crippen LogP) is 1.52. The van der Waals surface area contributed by atoms with Gasteiger partial charge in [0.15, 0.2) is 0 Å². The lowest BCUT2D eigenvalue weighted by molar-refractivity contribution is -0.129. The maximum atomic E-state index is 12.2. The van der Waals surface area contributed by atoms with E-state index in [1.807, 2.05) is 12.3 Å². The van der Waals surface area contributed by atoms with Crippen LogP contribution in [0.3, 0.4) is 0 Å². The first-order valence-corrected chi connectivity index (χ1v) is 9.02. The smallest absolute Gasteiger partial charge is 0.268 e. The number of nitrogens with two attached hydrogens (primary N) is 1. The highest BCUT2D eigenvalue weighted by atomic mass is 16.3. The van der Waals surface area contributed by atoms with Gasteiger partial charge in [0.05, 0.1) is 16.9 Å². The molecule has 5 atom stereocenters. The molecule has 0 spiro atoms. The van der Waals surface area contributed by atoms with E-state index in [0.29, 0.717) is 23.3 Å². The van der Waals surface area contributed by atoms with Crippen molar-refractivity contribution in [3.8, 4) is 0 Å². The van der Waals surface area contributed by atoms with Crippen LogP contribution in [0.2, 0.25) is 0 Å². The highest BCUT2D eigenvalue weighted by molar-refractivity contribution is 6.06. The molecule has 7 nitrogen and oxygen atoms in total. The molecule has 3 unspecified atom stereocenters. The zero-order valence-corrected chi connectivity index (χ0v) is 14.0. The van der Waals surface area contributed by atoms with Crippen molar-refractivity contribution in [2.24, 2.45) is 23.6 Å². The number of aromatic nitrogens is 2. The van der Waals surface area contributed by atoms with E-state index in [0.717, 1.165) is 48.8 Å². The van der Waals surface area contributed by atoms with Crippen LogP contribution in [0, 0.1) is 17.8 Å². The number of carbonyl (C=O) groups is 1. The summed E-state index contributed by atoms with van der Waals surface area (Å²) in [6.45, 7) is 0. The molecule has 2 heterocycles. The number of carbonyl (C=O) groups excluding carboxylic acids is 1. The van der Waals surface area contributed by atoms with E-state index in [9.17, 15) is 9.90 Å². The molecule has 0 radical (unpaired) electrons. The predicted molar refractivity (Wildman–Crippen MR) is 93.7 cm³/mol. The number of anilines is 1. The summed E-state index contributed by atoms with van der Waals surface area (Å²) >= 11 is 0. The van der Waals surface area contributed by atoms with Gasteiger partial charge in [-0.25, -0.2) is 10.8 Å². The lowest BCUT2D eigenvalue weighted by Gasteiger charge is -2.58. The van der Waals surface area contributed by atoms with Gasteiger partial charge in [-0.15, -0.1) is 0 Å². The summed E-state index contributed by atoms with van der Waals surface area (Å²) in [5.41, 5.74) is 3.75. The molecule has 2 aromatic rings. The van der Waals surface area contributed by atoms with E-state index in [1.165, 1.54) is 0 Å². The molecular weight excluding hydrogens is 318 g/mol. The number of nitrogens with zero attached hydrogens (tertiary/aromatic N) is 1. The summed E-state index contributed by atoms with van der Waals surface area (Å²) in [6, 6.07) is 2.21. The minimum Gasteiger partial charge on any atom is -0.390 e. The number of hydrogen-bond acceptors (Lipinski definition) is 5. The lowest BCUT2D eigenvalue weighted by Crippen LogP contribution is -2.59. The first-order chi connectivity index (χ1) is 12.1. The van der Waals surface area contributed by atoms with Gasteiger partial charge >= 0.3 is 0 Å². The van der Waals surface area contributed by atoms with Gasteiger partial charge in [-0.1, -0.05) is 0 Å². The first kappa shape index (κ1) is 15.2. The van der Waals surface area contributed by atoms with Crippen molar-refractivity contribution in [2.45, 2.75) is 43.7 Å². The number of amides is 1. The largest absolute Gasteiger partial charge is 0.390 e. The Kier molecular flexibility index (Phi) is 3.15. The molecule has 4 saturated carbocycles. The molecule has 0 saturated heterocycles. The normalized spacial score (nSPS) is 35.9. The number of rotatable bonds is 3. The molecule has 1 amide bonds. The van der Waals surface area contributed by atoms with Crippen molar-refractivity contribution in [1.82, 2.24) is 15.4 Å². The van der Waals surface area contributed by atoms with Gasteiger partial charge in [-0.3, -0.25) is 10.2 Å². The van der Waals surface area contributed by atoms with Crippen LogP contribution in [0.4, 0.5) is 5.69 Å². The number of aliphatic hydroxyl groups is 1. The molecule has 0 aromatic carbocycles. The second-order valence-corrected chi connectivity index (χ2v) is 8.12. The van der Waals surface area contributed by atoms with Gasteiger partial charge in [0, 0.05) is 23.8 Å². The van der Waals surface area contributed by atoms with E-state index >= 15 is 0 Å². The number of H-pyrrole nitrogens is 1. The Morgan fingerprint density at radius 1 is 1.32 bits per heavy atom. The van der Waals surface area contributed by atoms with Crippen LogP contribution < -0.4 is 16.6 Å². The van der Waals surface area contributed by atoms with Gasteiger partial charge in [0.1, 0.15) is 5.65 Å². The maximum absolute atomic E-state index is 12.2. The highest BCUT2D eigenvalue weighted by Crippen LogP contribution is 2.56. The van der Waals surface area contributed by atoms with Crippen molar-refractivity contribution in [3.05, 3.63) is 24.0 Å². The van der Waals surface area contributed by atoms with Crippen LogP contribution in [-0.2, 0) is 0 Å². The third-order valence-electron chi connectivity index (χ3n) is 6.51. The Morgan fingerprint density at radius 2 is 2.08 bits per heavy atom. The molecule has 4 bridgehead atoms. The summed E-state index contributed by atoms with van der Waals surface area (Å²) in [7, 11) is 0. The fraction of sp³-hybridized carbons (Fsp3) is 0.556. The van der Waals surface area contributed by atoms with Crippen LogP contribution in [0.5, 0.6) is 0 Å². The van der Waals surface area contributed by atoms with E-state index in [4.69, 9.17) is 5.84 Å². The Morgan fingerprint density at radius 3 is 2.76 bits per heavy atom. The molecule has 4 aliphatic carbocycles. The third kappa shape index (κ3) is 2.26. The second kappa shape index (κ2) is 5.19. The van der Waals surface area contributed by atoms with Gasteiger partial charge < -0.3 is 15.4 Å². The summed E-state index contributed by atoms with van der Waals surface area (Å²) < 4.78 is 0. The number of aromatic amines is 1. The zero-order valence-electron chi connectivity index (χ0n) is 14.0. The highest BCUT2D eigenvalue weighted by Gasteiger charge is 2.54. The standard InChI is InChI=1S/C18H23N5O2/c19-23-17(24)13-8-21-16-12(1-2-20-16)15(13)22-14-10-3-9-4-11(14)7-18(25,5-9)6-10/h1-2,8-11,14,25H,3-7,19H2,(H,23,24)(H2,20,21,22)/t9?,10-,11+,14?,18?. The van der Waals surface area contributed by atoms with Crippen molar-refractivity contribution in [2.75, 3.05) is 5.32 Å². The average molecular weight is 341 g/mol. The van der Waals surface area contributed by atoms with Gasteiger partial charge in [-0.05, 0) is 55.9 Å². The monoisotopic (exact) mass is 341 g/mol. The first-order valence-electron chi connectivity index (χ1n) is 9.02. The molecule has 7 heteroatoms. The summed E-state index contributed by atoms with van der Waals surface area (Å²) in [5, 5.41) is 15.3. The van der Waals surface area contributed by atoms with E-state index < -0.39 is 5.60 Å². The maximum Gasteiger partial charge on any atom is 0.268 e. The number of nitrogens with one attached hydrogen (secondary N) is 3.